The molecule has 91 heavy (non-hydrogen) atoms. The Labute approximate surface area is 525 Å². The molecular weight excluding hydrogens is 1110 g/mol. The minimum Gasteiger partial charge on any atom is -0.456 e. The average molecular weight is 1170 g/mol. The van der Waals surface area contributed by atoms with E-state index in [-0.39, 0.29) is 12.0 Å². The Morgan fingerprint density at radius 1 is 0.330 bits per heavy atom. The molecule has 0 N–H and O–H groups in total. The maximum atomic E-state index is 7.89. The number of rotatable bonds is 12. The molecule has 0 fully saturated rings. The molecule has 9 heteroatoms. The van der Waals surface area contributed by atoms with Crippen molar-refractivity contribution in [1.82, 2.24) is 29.9 Å². The first-order chi connectivity index (χ1) is 44.8. The molecule has 432 valence electrons. The number of hydrogen-bond acceptors (Lipinski definition) is 9. The summed E-state index contributed by atoms with van der Waals surface area (Å²) in [6, 6.07) is 76.1. The van der Waals surface area contributed by atoms with Crippen LogP contribution in [0, 0.1) is 0 Å². The first-order valence-corrected chi connectivity index (χ1v) is 31.0. The van der Waals surface area contributed by atoms with Crippen LogP contribution in [0.25, 0.3) is 165 Å². The quantitative estimate of drug-likeness (QED) is 0.118. The van der Waals surface area contributed by atoms with Crippen molar-refractivity contribution < 1.29 is 8.83 Å². The number of fused-ring (bicyclic) bond motifs is 3. The second kappa shape index (κ2) is 21.6. The Kier molecular flexibility index (Phi) is 12.7. The molecule has 0 radical (unpaired) electrons. The van der Waals surface area contributed by atoms with E-state index in [1.165, 1.54) is 0 Å². The van der Waals surface area contributed by atoms with Crippen molar-refractivity contribution in [2.75, 3.05) is 4.90 Å². The Bertz CT molecular complexity index is 5660. The second-order valence-corrected chi connectivity index (χ2v) is 24.1. The van der Waals surface area contributed by atoms with Gasteiger partial charge >= 0.3 is 0 Å². The van der Waals surface area contributed by atoms with Gasteiger partial charge in [-0.1, -0.05) is 135 Å². The monoisotopic (exact) mass is 1170 g/mol. The maximum absolute atomic E-state index is 7.89. The van der Waals surface area contributed by atoms with Gasteiger partial charge in [0.05, 0.1) is 5.52 Å². The van der Waals surface area contributed by atoms with Gasteiger partial charge in [0, 0.05) is 128 Å². The van der Waals surface area contributed by atoms with Crippen molar-refractivity contribution in [2.45, 2.75) is 39.7 Å². The molecule has 9 nitrogen and oxygen atoms in total. The molecule has 0 spiro atoms. The predicted molar refractivity (Wildman–Crippen MR) is 373 cm³/mol. The van der Waals surface area contributed by atoms with Gasteiger partial charge in [-0.15, -0.1) is 0 Å². The van der Waals surface area contributed by atoms with Gasteiger partial charge in [0.1, 0.15) is 34.0 Å². The third kappa shape index (κ3) is 8.91. The zero-order chi connectivity index (χ0) is 60.8. The molecule has 0 saturated heterocycles. The van der Waals surface area contributed by atoms with Crippen molar-refractivity contribution in [3.05, 3.63) is 268 Å². The minimum atomic E-state index is -0.00925. The molecule has 0 saturated carbocycles. The standard InChI is InChI=1S/C82H57N7O2/c1-48(2)82-87-46-58(47-88-82)62-28-29-71-78-74(62)68-27-26-67(65-20-9-8-19-60(65)52-32-38-84-39-33-52)81-77(68)76-66(70-44-59(45-72(90-71)75(70)78)89(49(3)4)73-43-54(34-40-85-73)50-30-36-83-37-31-50)25-24-64(80(76)91-81)57-22-23-61(69(42-57)51-13-6-5-7-14-51)55-16-10-17-56(41-55)63-21-11-15-53-18-12-35-86-79(53)63/h5-49H,1-4H3. The summed E-state index contributed by atoms with van der Waals surface area (Å²) < 4.78 is 15.2. The number of anilines is 2. The van der Waals surface area contributed by atoms with E-state index in [1.54, 1.807) is 0 Å². The highest BCUT2D eigenvalue weighted by molar-refractivity contribution is 6.39. The molecule has 0 aliphatic rings. The molecule has 7 aromatic heterocycles. The first kappa shape index (κ1) is 53.6. The first-order valence-electron chi connectivity index (χ1n) is 31.0. The Hall–Kier alpha value is -11.7. The topological polar surface area (TPSA) is 107 Å². The molecule has 17 aromatic rings. The van der Waals surface area contributed by atoms with E-state index >= 15 is 0 Å². The number of nitrogens with zero attached hydrogens (tertiary/aromatic N) is 7. The number of pyridine rings is 4. The highest BCUT2D eigenvalue weighted by Crippen LogP contribution is 2.53. The lowest BCUT2D eigenvalue weighted by atomic mass is 9.87. The lowest BCUT2D eigenvalue weighted by molar-refractivity contribution is 0.668. The van der Waals surface area contributed by atoms with E-state index in [2.05, 4.69) is 237 Å². The van der Waals surface area contributed by atoms with E-state index in [0.717, 1.165) is 183 Å². The summed E-state index contributed by atoms with van der Waals surface area (Å²) >= 11 is 0. The van der Waals surface area contributed by atoms with Gasteiger partial charge in [-0.05, 0) is 182 Å². The van der Waals surface area contributed by atoms with E-state index in [0.29, 0.717) is 0 Å². The second-order valence-electron chi connectivity index (χ2n) is 24.1. The number of benzene rings is 9. The summed E-state index contributed by atoms with van der Waals surface area (Å²) in [5, 5.41) is 9.21. The summed E-state index contributed by atoms with van der Waals surface area (Å²) in [4.78, 5) is 30.9. The highest BCUT2D eigenvalue weighted by Gasteiger charge is 2.29. The van der Waals surface area contributed by atoms with E-state index < -0.39 is 0 Å². The molecule has 0 bridgehead atoms. The average Bonchev–Trinajstić information content (AvgIpc) is 1.51. The van der Waals surface area contributed by atoms with E-state index in [9.17, 15) is 0 Å². The predicted octanol–water partition coefficient (Wildman–Crippen LogP) is 21.8. The molecule has 0 aliphatic carbocycles. The Balaban J connectivity index is 0.987. The van der Waals surface area contributed by atoms with Crippen LogP contribution in [0.15, 0.2) is 271 Å². The molecular formula is C82H57N7O2. The third-order valence-electron chi connectivity index (χ3n) is 18.1. The van der Waals surface area contributed by atoms with Crippen LogP contribution >= 0.6 is 0 Å². The van der Waals surface area contributed by atoms with Crippen LogP contribution in [0.3, 0.4) is 0 Å². The number of hydrogen-bond donors (Lipinski definition) is 0. The molecule has 17 rings (SSSR count). The molecule has 0 amide bonds. The summed E-state index contributed by atoms with van der Waals surface area (Å²) in [6.45, 7) is 8.68. The molecule has 7 heterocycles. The van der Waals surface area contributed by atoms with Crippen LogP contribution in [0.4, 0.5) is 11.5 Å². The van der Waals surface area contributed by atoms with Crippen LogP contribution in [0.1, 0.15) is 39.4 Å². The summed E-state index contributed by atoms with van der Waals surface area (Å²) in [7, 11) is 0. The van der Waals surface area contributed by atoms with Gasteiger partial charge in [0.25, 0.3) is 0 Å². The van der Waals surface area contributed by atoms with E-state index in [1.807, 2.05) is 67.8 Å². The summed E-state index contributed by atoms with van der Waals surface area (Å²) in [5.74, 6) is 1.76. The van der Waals surface area contributed by atoms with Crippen molar-refractivity contribution in [2.24, 2.45) is 0 Å². The van der Waals surface area contributed by atoms with Crippen molar-refractivity contribution in [1.29, 1.82) is 0 Å². The Morgan fingerprint density at radius 3 is 1.76 bits per heavy atom. The molecule has 0 atom stereocenters. The van der Waals surface area contributed by atoms with Crippen molar-refractivity contribution in [3.8, 4) is 89.0 Å². The maximum Gasteiger partial charge on any atom is 0.143 e. The zero-order valence-electron chi connectivity index (χ0n) is 50.4. The van der Waals surface area contributed by atoms with Gasteiger partial charge in [-0.3, -0.25) is 15.0 Å². The van der Waals surface area contributed by atoms with Crippen molar-refractivity contribution >= 4 is 87.8 Å². The van der Waals surface area contributed by atoms with E-state index in [4.69, 9.17) is 28.8 Å². The minimum absolute atomic E-state index is 0.00925. The highest BCUT2D eigenvalue weighted by atomic mass is 16.3. The van der Waals surface area contributed by atoms with Gasteiger partial charge in [-0.2, -0.15) is 0 Å². The molecule has 0 aliphatic heterocycles. The summed E-state index contributed by atoms with van der Waals surface area (Å²) in [5.41, 5.74) is 21.8. The van der Waals surface area contributed by atoms with Gasteiger partial charge in [0.15, 0.2) is 0 Å². The number of para-hydroxylation sites is 1. The summed E-state index contributed by atoms with van der Waals surface area (Å²) in [6.07, 6.45) is 15.1. The van der Waals surface area contributed by atoms with Crippen LogP contribution in [-0.2, 0) is 0 Å². The largest absolute Gasteiger partial charge is 0.456 e. The van der Waals surface area contributed by atoms with Crippen LogP contribution in [0.5, 0.6) is 0 Å². The molecule has 10 aromatic carbocycles. The fourth-order valence-electron chi connectivity index (χ4n) is 14.0. The fourth-order valence-corrected chi connectivity index (χ4v) is 14.0. The zero-order valence-corrected chi connectivity index (χ0v) is 50.4. The molecule has 0 unspecified atom stereocenters. The van der Waals surface area contributed by atoms with Gasteiger partial charge in [-0.25, -0.2) is 15.0 Å². The number of aromatic nitrogens is 6. The Morgan fingerprint density at radius 2 is 0.956 bits per heavy atom. The van der Waals surface area contributed by atoms with Crippen LogP contribution in [0.2, 0.25) is 0 Å². The van der Waals surface area contributed by atoms with Crippen LogP contribution in [-0.4, -0.2) is 35.9 Å². The van der Waals surface area contributed by atoms with Crippen molar-refractivity contribution in [3.63, 3.8) is 0 Å². The van der Waals surface area contributed by atoms with Gasteiger partial charge < -0.3 is 13.7 Å². The SMILES string of the molecule is CC(C)c1ncc(-c2ccc3oc4cc(N(c5cc(-c6ccncc6)ccn5)C(C)C)cc5c6ccc(-c7ccc(-c8cccc(-c9cccc%10cccnc9%10)c8)c(-c8ccccc8)c7)c7oc8c(-c9ccccc9-c9ccncc9)ccc(c2c3c45)c8c76)cn1. The lowest BCUT2D eigenvalue weighted by Gasteiger charge is -2.28. The number of furan rings is 2. The fraction of sp³-hybridized carbons (Fsp3) is 0.0732. The smallest absolute Gasteiger partial charge is 0.143 e. The van der Waals surface area contributed by atoms with Crippen LogP contribution < -0.4 is 4.90 Å². The third-order valence-corrected chi connectivity index (χ3v) is 18.1. The lowest BCUT2D eigenvalue weighted by Crippen LogP contribution is -2.26. The van der Waals surface area contributed by atoms with Gasteiger partial charge in [0.2, 0.25) is 0 Å². The normalized spacial score (nSPS) is 11.9.